The third-order valence-corrected chi connectivity index (χ3v) is 5.43. The molecule has 1 saturated heterocycles. The van der Waals surface area contributed by atoms with Crippen LogP contribution in [0.4, 0.5) is 0 Å². The summed E-state index contributed by atoms with van der Waals surface area (Å²) in [6, 6.07) is 0.0917. The van der Waals surface area contributed by atoms with E-state index in [1.54, 1.807) is 4.90 Å². The van der Waals surface area contributed by atoms with Gasteiger partial charge in [0.15, 0.2) is 9.84 Å². The Labute approximate surface area is 128 Å². The van der Waals surface area contributed by atoms with Crippen LogP contribution in [0.3, 0.4) is 0 Å². The number of nitrogens with zero attached hydrogens (tertiary/aromatic N) is 1. The van der Waals surface area contributed by atoms with Gasteiger partial charge in [-0.1, -0.05) is 13.8 Å². The molecule has 1 amide bonds. The van der Waals surface area contributed by atoms with Crippen molar-refractivity contribution in [2.24, 2.45) is 11.7 Å². The first kappa shape index (κ1) is 19.7. The zero-order valence-corrected chi connectivity index (χ0v) is 14.0. The van der Waals surface area contributed by atoms with Gasteiger partial charge in [-0.05, 0) is 25.2 Å². The summed E-state index contributed by atoms with van der Waals surface area (Å²) >= 11 is 0. The maximum absolute atomic E-state index is 12.1. The molecule has 0 aliphatic carbocycles. The van der Waals surface area contributed by atoms with Crippen LogP contribution in [0.25, 0.3) is 0 Å². The van der Waals surface area contributed by atoms with Crippen molar-refractivity contribution in [3.63, 3.8) is 0 Å². The normalized spacial score (nSPS) is 19.8. The number of carbonyl (C=O) groups is 1. The summed E-state index contributed by atoms with van der Waals surface area (Å²) in [5, 5.41) is 0. The molecule has 1 atom stereocenters. The average molecular weight is 327 g/mol. The highest BCUT2D eigenvalue weighted by molar-refractivity contribution is 7.91. The van der Waals surface area contributed by atoms with E-state index in [9.17, 15) is 13.2 Å². The largest absolute Gasteiger partial charge is 0.338 e. The third-order valence-electron chi connectivity index (χ3n) is 3.43. The predicted octanol–water partition coefficient (Wildman–Crippen LogP) is 1.21. The van der Waals surface area contributed by atoms with E-state index in [4.69, 9.17) is 5.73 Å². The predicted molar refractivity (Wildman–Crippen MR) is 83.8 cm³/mol. The minimum absolute atomic E-state index is 0. The van der Waals surface area contributed by atoms with Gasteiger partial charge in [-0.2, -0.15) is 0 Å². The van der Waals surface area contributed by atoms with Crippen molar-refractivity contribution >= 4 is 28.2 Å². The van der Waals surface area contributed by atoms with Gasteiger partial charge in [0.1, 0.15) is 0 Å². The van der Waals surface area contributed by atoms with Crippen molar-refractivity contribution in [2.75, 3.05) is 24.6 Å². The maximum Gasteiger partial charge on any atom is 0.223 e. The highest BCUT2D eigenvalue weighted by Crippen LogP contribution is 2.17. The molecular weight excluding hydrogens is 300 g/mol. The highest BCUT2D eigenvalue weighted by Gasteiger charge is 2.26. The van der Waals surface area contributed by atoms with Gasteiger partial charge in [0, 0.05) is 25.6 Å². The fourth-order valence-corrected chi connectivity index (χ4v) is 4.22. The van der Waals surface area contributed by atoms with Crippen LogP contribution in [-0.2, 0) is 14.6 Å². The zero-order chi connectivity index (χ0) is 14.5. The number of piperidine rings is 1. The lowest BCUT2D eigenvalue weighted by atomic mass is 10.0. The lowest BCUT2D eigenvalue weighted by Crippen LogP contribution is -2.47. The molecule has 0 radical (unpaired) electrons. The molecule has 0 aromatic carbocycles. The Morgan fingerprint density at radius 2 is 2.00 bits per heavy atom. The Morgan fingerprint density at radius 1 is 1.35 bits per heavy atom. The number of amides is 1. The number of nitrogens with two attached hydrogens (primary N) is 1. The summed E-state index contributed by atoms with van der Waals surface area (Å²) in [5.41, 5.74) is 5.67. The molecule has 1 unspecified atom stereocenters. The Morgan fingerprint density at radius 3 is 2.55 bits per heavy atom. The Kier molecular flexibility index (Phi) is 8.70. The molecule has 0 aromatic rings. The van der Waals surface area contributed by atoms with Crippen LogP contribution in [-0.4, -0.2) is 49.9 Å². The second-order valence-electron chi connectivity index (χ2n) is 5.73. The van der Waals surface area contributed by atoms with Crippen molar-refractivity contribution < 1.29 is 13.2 Å². The van der Waals surface area contributed by atoms with Gasteiger partial charge in [0.2, 0.25) is 5.91 Å². The first-order valence-corrected chi connectivity index (χ1v) is 8.88. The fourth-order valence-electron chi connectivity index (χ4n) is 2.55. The lowest BCUT2D eigenvalue weighted by molar-refractivity contribution is -0.134. The van der Waals surface area contributed by atoms with Crippen LogP contribution >= 0.6 is 12.4 Å². The van der Waals surface area contributed by atoms with Gasteiger partial charge >= 0.3 is 0 Å². The second kappa shape index (κ2) is 8.85. The summed E-state index contributed by atoms with van der Waals surface area (Å²) in [5.74, 6) is 0.146. The van der Waals surface area contributed by atoms with Crippen LogP contribution in [0.2, 0.25) is 0 Å². The second-order valence-corrected chi connectivity index (χ2v) is 7.96. The molecule has 7 heteroatoms. The molecule has 1 aliphatic heterocycles. The Bertz CT molecular complexity index is 398. The Balaban J connectivity index is 0.00000361. The van der Waals surface area contributed by atoms with E-state index in [0.717, 1.165) is 19.3 Å². The van der Waals surface area contributed by atoms with E-state index < -0.39 is 9.84 Å². The average Bonchev–Trinajstić information content (AvgIpc) is 2.34. The van der Waals surface area contributed by atoms with Gasteiger partial charge in [-0.15, -0.1) is 12.4 Å². The summed E-state index contributed by atoms with van der Waals surface area (Å²) in [6.07, 6.45) is 3.10. The molecule has 1 aliphatic rings. The standard InChI is InChI=1S/C13H26N2O3S.ClH/c1-11(2)10-19(17,18)8-6-13(16)15-7-4-3-5-12(15)9-14;/h11-12H,3-10,14H2,1-2H3;1H. The lowest BCUT2D eigenvalue weighted by Gasteiger charge is -2.35. The molecular formula is C13H27ClN2O3S. The minimum Gasteiger partial charge on any atom is -0.338 e. The van der Waals surface area contributed by atoms with Crippen LogP contribution in [0, 0.1) is 5.92 Å². The smallest absolute Gasteiger partial charge is 0.223 e. The molecule has 1 fully saturated rings. The van der Waals surface area contributed by atoms with Crippen LogP contribution in [0.15, 0.2) is 0 Å². The van der Waals surface area contributed by atoms with Gasteiger partial charge in [0.25, 0.3) is 0 Å². The van der Waals surface area contributed by atoms with E-state index >= 15 is 0 Å². The number of likely N-dealkylation sites (tertiary alicyclic amines) is 1. The first-order chi connectivity index (χ1) is 8.85. The van der Waals surface area contributed by atoms with Crippen molar-refractivity contribution in [3.8, 4) is 0 Å². The van der Waals surface area contributed by atoms with E-state index in [1.807, 2.05) is 13.8 Å². The number of halogens is 1. The number of carbonyl (C=O) groups excluding carboxylic acids is 1. The van der Waals surface area contributed by atoms with E-state index in [2.05, 4.69) is 0 Å². The summed E-state index contributed by atoms with van der Waals surface area (Å²) in [7, 11) is -3.12. The number of rotatable bonds is 6. The minimum atomic E-state index is -3.12. The summed E-state index contributed by atoms with van der Waals surface area (Å²) in [4.78, 5) is 13.9. The summed E-state index contributed by atoms with van der Waals surface area (Å²) in [6.45, 7) is 4.92. The van der Waals surface area contributed by atoms with Crippen LogP contribution in [0.5, 0.6) is 0 Å². The fraction of sp³-hybridized carbons (Fsp3) is 0.923. The SMILES string of the molecule is CC(C)CS(=O)(=O)CCC(=O)N1CCCCC1CN.Cl. The summed E-state index contributed by atoms with van der Waals surface area (Å²) < 4.78 is 23.6. The molecule has 20 heavy (non-hydrogen) atoms. The molecule has 5 nitrogen and oxygen atoms in total. The first-order valence-electron chi connectivity index (χ1n) is 7.05. The molecule has 1 heterocycles. The van der Waals surface area contributed by atoms with Crippen LogP contribution in [0.1, 0.15) is 39.5 Å². The number of hydrogen-bond donors (Lipinski definition) is 1. The van der Waals surface area contributed by atoms with Gasteiger partial charge < -0.3 is 10.6 Å². The molecule has 120 valence electrons. The van der Waals surface area contributed by atoms with Crippen molar-refractivity contribution in [3.05, 3.63) is 0 Å². The molecule has 0 saturated carbocycles. The molecule has 1 rings (SSSR count). The molecule has 0 spiro atoms. The third kappa shape index (κ3) is 6.41. The topological polar surface area (TPSA) is 80.5 Å². The van der Waals surface area contributed by atoms with Crippen LogP contribution < -0.4 is 5.73 Å². The van der Waals surface area contributed by atoms with Gasteiger partial charge in [-0.3, -0.25) is 4.79 Å². The monoisotopic (exact) mass is 326 g/mol. The Hall–Kier alpha value is -0.330. The number of hydrogen-bond acceptors (Lipinski definition) is 4. The van der Waals surface area contributed by atoms with E-state index in [1.165, 1.54) is 0 Å². The molecule has 0 aromatic heterocycles. The molecule has 2 N–H and O–H groups in total. The van der Waals surface area contributed by atoms with Crippen molar-refractivity contribution in [1.82, 2.24) is 4.90 Å². The van der Waals surface area contributed by atoms with E-state index in [-0.39, 0.29) is 48.2 Å². The highest BCUT2D eigenvalue weighted by atomic mass is 35.5. The van der Waals surface area contributed by atoms with Gasteiger partial charge in [0.05, 0.1) is 11.5 Å². The van der Waals surface area contributed by atoms with Crippen molar-refractivity contribution in [2.45, 2.75) is 45.6 Å². The maximum atomic E-state index is 12.1. The quantitative estimate of drug-likeness (QED) is 0.795. The van der Waals surface area contributed by atoms with E-state index in [0.29, 0.717) is 13.1 Å². The number of sulfone groups is 1. The van der Waals surface area contributed by atoms with Crippen molar-refractivity contribution in [1.29, 1.82) is 0 Å². The molecule has 0 bridgehead atoms. The van der Waals surface area contributed by atoms with Gasteiger partial charge in [-0.25, -0.2) is 8.42 Å². The zero-order valence-electron chi connectivity index (χ0n) is 12.4.